The molecule has 5 nitrogen and oxygen atoms in total. The zero-order chi connectivity index (χ0) is 15.7. The highest BCUT2D eigenvalue weighted by molar-refractivity contribution is 5.54. The van der Waals surface area contributed by atoms with Gasteiger partial charge in [-0.1, -0.05) is 0 Å². The van der Waals surface area contributed by atoms with Crippen molar-refractivity contribution >= 4 is 5.82 Å². The fourth-order valence-corrected chi connectivity index (χ4v) is 3.82. The van der Waals surface area contributed by atoms with Gasteiger partial charge in [0, 0.05) is 37.2 Å². The second kappa shape index (κ2) is 5.86. The summed E-state index contributed by atoms with van der Waals surface area (Å²) in [5.74, 6) is 0.777. The number of rotatable bonds is 3. The first kappa shape index (κ1) is 15.3. The molecule has 1 aromatic heterocycles. The van der Waals surface area contributed by atoms with Crippen molar-refractivity contribution < 1.29 is 9.84 Å². The molecule has 0 bridgehead atoms. The minimum atomic E-state index is -0.257. The molecule has 1 spiro atoms. The summed E-state index contributed by atoms with van der Waals surface area (Å²) in [6, 6.07) is 5.93. The Bertz CT molecular complexity index is 586. The normalized spacial score (nSPS) is 26.5. The molecule has 5 heteroatoms. The minimum Gasteiger partial charge on any atom is -0.392 e. The van der Waals surface area contributed by atoms with E-state index in [-0.39, 0.29) is 17.6 Å². The maximum absolute atomic E-state index is 10.3. The zero-order valence-electron chi connectivity index (χ0n) is 13.2. The van der Waals surface area contributed by atoms with Crippen LogP contribution in [0.4, 0.5) is 5.82 Å². The van der Waals surface area contributed by atoms with E-state index in [0.29, 0.717) is 12.2 Å². The van der Waals surface area contributed by atoms with Crippen LogP contribution in [0, 0.1) is 23.7 Å². The first-order valence-electron chi connectivity index (χ1n) is 8.03. The molecule has 118 valence electrons. The van der Waals surface area contributed by atoms with E-state index in [1.165, 1.54) is 0 Å². The number of pyridine rings is 1. The van der Waals surface area contributed by atoms with Gasteiger partial charge in [-0.05, 0) is 38.8 Å². The average Bonchev–Trinajstić information content (AvgIpc) is 2.55. The number of anilines is 1. The number of nitriles is 1. The number of hydrogen-bond acceptors (Lipinski definition) is 5. The molecule has 1 aliphatic carbocycles. The number of hydrogen-bond donors (Lipinski definition) is 1. The fourth-order valence-electron chi connectivity index (χ4n) is 3.82. The van der Waals surface area contributed by atoms with Gasteiger partial charge >= 0.3 is 0 Å². The summed E-state index contributed by atoms with van der Waals surface area (Å²) in [5, 5.41) is 19.5. The molecule has 2 atom stereocenters. The van der Waals surface area contributed by atoms with E-state index in [1.54, 1.807) is 0 Å². The van der Waals surface area contributed by atoms with E-state index in [1.807, 2.05) is 26.0 Å². The van der Waals surface area contributed by atoms with Crippen LogP contribution in [-0.4, -0.2) is 42.0 Å². The predicted octanol–water partition coefficient (Wildman–Crippen LogP) is 2.02. The SMILES string of the molecule is CCO[C@@H]1C[C@H](O)C12CCN(c1nc(C)ccc1C#N)CC2. The zero-order valence-corrected chi connectivity index (χ0v) is 13.2. The van der Waals surface area contributed by atoms with Crippen LogP contribution in [0.1, 0.15) is 37.4 Å². The molecular weight excluding hydrogens is 278 g/mol. The fraction of sp³-hybridized carbons (Fsp3) is 0.647. The van der Waals surface area contributed by atoms with E-state index < -0.39 is 0 Å². The number of ether oxygens (including phenoxy) is 1. The third-order valence-electron chi connectivity index (χ3n) is 5.24. The molecule has 1 aromatic rings. The van der Waals surface area contributed by atoms with Gasteiger partial charge < -0.3 is 14.7 Å². The van der Waals surface area contributed by atoms with E-state index in [4.69, 9.17) is 4.74 Å². The summed E-state index contributed by atoms with van der Waals surface area (Å²) in [4.78, 5) is 6.71. The van der Waals surface area contributed by atoms with Gasteiger partial charge in [0.1, 0.15) is 11.9 Å². The quantitative estimate of drug-likeness (QED) is 0.925. The molecule has 0 radical (unpaired) electrons. The van der Waals surface area contributed by atoms with Gasteiger partial charge in [-0.25, -0.2) is 4.98 Å². The van der Waals surface area contributed by atoms with Crippen LogP contribution in [0.25, 0.3) is 0 Å². The molecule has 2 aliphatic rings. The molecule has 0 unspecified atom stereocenters. The average molecular weight is 301 g/mol. The molecule has 2 fully saturated rings. The predicted molar refractivity (Wildman–Crippen MR) is 83.6 cm³/mol. The third-order valence-corrected chi connectivity index (χ3v) is 5.24. The van der Waals surface area contributed by atoms with Gasteiger partial charge in [-0.2, -0.15) is 5.26 Å². The van der Waals surface area contributed by atoms with Gasteiger partial charge in [-0.3, -0.25) is 0 Å². The summed E-state index contributed by atoms with van der Waals surface area (Å²) in [5.41, 5.74) is 1.45. The Morgan fingerprint density at radius 3 is 2.77 bits per heavy atom. The standard InChI is InChI=1S/C17H23N3O2/c1-3-22-15-10-14(21)17(15)6-8-20(9-7-17)16-13(11-18)5-4-12(2)19-16/h4-5,14-15,21H,3,6-10H2,1-2H3/t14-,15+/m0/s1. The van der Waals surface area contributed by atoms with Crippen molar-refractivity contribution in [2.75, 3.05) is 24.6 Å². The summed E-state index contributed by atoms with van der Waals surface area (Å²) >= 11 is 0. The van der Waals surface area contributed by atoms with E-state index in [0.717, 1.165) is 43.9 Å². The van der Waals surface area contributed by atoms with Gasteiger partial charge in [0.05, 0.1) is 17.8 Å². The Kier molecular flexibility index (Phi) is 4.07. The number of aromatic nitrogens is 1. The van der Waals surface area contributed by atoms with Gasteiger partial charge in [0.15, 0.2) is 0 Å². The molecule has 1 N–H and O–H groups in total. The lowest BCUT2D eigenvalue weighted by Gasteiger charge is -2.56. The Hall–Kier alpha value is -1.64. The summed E-state index contributed by atoms with van der Waals surface area (Å²) in [7, 11) is 0. The van der Waals surface area contributed by atoms with Crippen molar-refractivity contribution in [3.05, 3.63) is 23.4 Å². The maximum Gasteiger partial charge on any atom is 0.146 e. The highest BCUT2D eigenvalue weighted by Gasteiger charge is 2.56. The third kappa shape index (κ3) is 2.37. The second-order valence-corrected chi connectivity index (χ2v) is 6.35. The van der Waals surface area contributed by atoms with Crippen LogP contribution < -0.4 is 4.90 Å². The minimum absolute atomic E-state index is 0.0941. The lowest BCUT2D eigenvalue weighted by Crippen LogP contribution is -2.62. The van der Waals surface area contributed by atoms with Crippen LogP contribution in [0.5, 0.6) is 0 Å². The van der Waals surface area contributed by atoms with Crippen molar-refractivity contribution in [3.8, 4) is 6.07 Å². The summed E-state index contributed by atoms with van der Waals surface area (Å²) < 4.78 is 5.80. The lowest BCUT2D eigenvalue weighted by atomic mass is 9.58. The van der Waals surface area contributed by atoms with E-state index in [2.05, 4.69) is 16.0 Å². The van der Waals surface area contributed by atoms with Gasteiger partial charge in [0.2, 0.25) is 0 Å². The largest absolute Gasteiger partial charge is 0.392 e. The molecule has 1 saturated heterocycles. The lowest BCUT2D eigenvalue weighted by molar-refractivity contribution is -0.199. The molecule has 22 heavy (non-hydrogen) atoms. The Morgan fingerprint density at radius 2 is 2.18 bits per heavy atom. The van der Waals surface area contributed by atoms with Crippen molar-refractivity contribution in [3.63, 3.8) is 0 Å². The van der Waals surface area contributed by atoms with Crippen LogP contribution in [0.3, 0.4) is 0 Å². The van der Waals surface area contributed by atoms with Crippen LogP contribution in [0.2, 0.25) is 0 Å². The Balaban J connectivity index is 1.75. The molecule has 3 rings (SSSR count). The van der Waals surface area contributed by atoms with E-state index >= 15 is 0 Å². The smallest absolute Gasteiger partial charge is 0.146 e. The monoisotopic (exact) mass is 301 g/mol. The Labute approximate surface area is 131 Å². The van der Waals surface area contributed by atoms with E-state index in [9.17, 15) is 10.4 Å². The van der Waals surface area contributed by atoms with Crippen molar-refractivity contribution in [1.82, 2.24) is 4.98 Å². The molecule has 1 aliphatic heterocycles. The number of nitrogens with zero attached hydrogens (tertiary/aromatic N) is 3. The van der Waals surface area contributed by atoms with Crippen LogP contribution in [-0.2, 0) is 4.74 Å². The van der Waals surface area contributed by atoms with Gasteiger partial charge in [0.25, 0.3) is 0 Å². The van der Waals surface area contributed by atoms with Crippen LogP contribution >= 0.6 is 0 Å². The molecule has 0 amide bonds. The molecule has 0 aromatic carbocycles. The number of aryl methyl sites for hydroxylation is 1. The molecule has 2 heterocycles. The van der Waals surface area contributed by atoms with Crippen molar-refractivity contribution in [1.29, 1.82) is 5.26 Å². The number of aliphatic hydroxyl groups excluding tert-OH is 1. The van der Waals surface area contributed by atoms with Crippen molar-refractivity contribution in [2.45, 2.75) is 45.3 Å². The van der Waals surface area contributed by atoms with Crippen molar-refractivity contribution in [2.24, 2.45) is 5.41 Å². The highest BCUT2D eigenvalue weighted by atomic mass is 16.5. The highest BCUT2D eigenvalue weighted by Crippen LogP contribution is 2.51. The summed E-state index contributed by atoms with van der Waals surface area (Å²) in [6.07, 6.45) is 2.45. The molecule has 1 saturated carbocycles. The maximum atomic E-state index is 10.3. The first-order chi connectivity index (χ1) is 10.6. The second-order valence-electron chi connectivity index (χ2n) is 6.35. The number of piperidine rings is 1. The number of aliphatic hydroxyl groups is 1. The van der Waals surface area contributed by atoms with Gasteiger partial charge in [-0.15, -0.1) is 0 Å². The summed E-state index contributed by atoms with van der Waals surface area (Å²) in [6.45, 7) is 6.26. The molecular formula is C17H23N3O2. The topological polar surface area (TPSA) is 69.4 Å². The van der Waals surface area contributed by atoms with Crippen LogP contribution in [0.15, 0.2) is 12.1 Å². The Morgan fingerprint density at radius 1 is 1.45 bits per heavy atom. The first-order valence-corrected chi connectivity index (χ1v) is 8.03.